The third-order valence-corrected chi connectivity index (χ3v) is 2.99. The zero-order chi connectivity index (χ0) is 11.1. The number of nitro groups is 1. The molecule has 1 aromatic rings. The highest BCUT2D eigenvalue weighted by atomic mass is 16.6. The molecule has 0 aliphatic heterocycles. The lowest BCUT2D eigenvalue weighted by atomic mass is 10.1. The summed E-state index contributed by atoms with van der Waals surface area (Å²) >= 11 is 0. The molecule has 2 N–H and O–H groups in total. The van der Waals surface area contributed by atoms with Gasteiger partial charge in [0.15, 0.2) is 0 Å². The van der Waals surface area contributed by atoms with Crippen molar-refractivity contribution in [1.82, 2.24) is 9.78 Å². The van der Waals surface area contributed by atoms with Crippen molar-refractivity contribution >= 4 is 5.69 Å². The summed E-state index contributed by atoms with van der Waals surface area (Å²) in [5.74, 6) is 0. The van der Waals surface area contributed by atoms with E-state index >= 15 is 0 Å². The van der Waals surface area contributed by atoms with E-state index in [1.54, 1.807) is 11.7 Å². The Hall–Kier alpha value is -1.43. The van der Waals surface area contributed by atoms with Crippen LogP contribution in [0.5, 0.6) is 0 Å². The monoisotopic (exact) mass is 210 g/mol. The van der Waals surface area contributed by atoms with Crippen LogP contribution < -0.4 is 5.73 Å². The van der Waals surface area contributed by atoms with E-state index in [1.807, 2.05) is 0 Å². The fourth-order valence-corrected chi connectivity index (χ4v) is 1.67. The zero-order valence-electron chi connectivity index (χ0n) is 8.64. The number of hydrogen-bond donors (Lipinski definition) is 1. The number of nitrogens with zero attached hydrogens (tertiary/aromatic N) is 3. The molecule has 1 fully saturated rings. The summed E-state index contributed by atoms with van der Waals surface area (Å²) in [6.07, 6.45) is 4.78. The minimum atomic E-state index is -0.390. The molecule has 0 saturated heterocycles. The van der Waals surface area contributed by atoms with Crippen LogP contribution in [0.15, 0.2) is 6.20 Å². The maximum absolute atomic E-state index is 10.7. The van der Waals surface area contributed by atoms with Gasteiger partial charge in [-0.2, -0.15) is 5.10 Å². The van der Waals surface area contributed by atoms with Gasteiger partial charge in [0.2, 0.25) is 0 Å². The molecular weight excluding hydrogens is 196 g/mol. The Morgan fingerprint density at radius 1 is 1.73 bits per heavy atom. The van der Waals surface area contributed by atoms with Gasteiger partial charge in [0, 0.05) is 12.6 Å². The van der Waals surface area contributed by atoms with Crippen LogP contribution in [0.2, 0.25) is 0 Å². The van der Waals surface area contributed by atoms with E-state index in [2.05, 4.69) is 5.10 Å². The molecule has 1 aliphatic carbocycles. The third-order valence-electron chi connectivity index (χ3n) is 2.99. The van der Waals surface area contributed by atoms with Crippen molar-refractivity contribution in [3.8, 4) is 0 Å². The number of nitrogens with two attached hydrogens (primary N) is 1. The predicted molar refractivity (Wildman–Crippen MR) is 54.3 cm³/mol. The van der Waals surface area contributed by atoms with E-state index in [0.29, 0.717) is 12.1 Å². The molecule has 0 radical (unpaired) electrons. The summed E-state index contributed by atoms with van der Waals surface area (Å²) in [5.41, 5.74) is 6.63. The first-order valence-corrected chi connectivity index (χ1v) is 4.96. The Morgan fingerprint density at radius 2 is 2.40 bits per heavy atom. The highest BCUT2D eigenvalue weighted by molar-refractivity contribution is 5.33. The lowest BCUT2D eigenvalue weighted by Gasteiger charge is -2.07. The number of aryl methyl sites for hydroxylation is 1. The van der Waals surface area contributed by atoms with E-state index in [4.69, 9.17) is 5.73 Å². The van der Waals surface area contributed by atoms with Gasteiger partial charge in [-0.05, 0) is 25.7 Å². The molecule has 6 nitrogen and oxygen atoms in total. The van der Waals surface area contributed by atoms with Crippen LogP contribution in [-0.2, 0) is 13.5 Å². The van der Waals surface area contributed by atoms with Gasteiger partial charge in [-0.25, -0.2) is 0 Å². The average molecular weight is 210 g/mol. The third kappa shape index (κ3) is 1.99. The van der Waals surface area contributed by atoms with Crippen LogP contribution in [0, 0.1) is 10.1 Å². The van der Waals surface area contributed by atoms with Gasteiger partial charge in [-0.15, -0.1) is 0 Å². The molecule has 82 valence electrons. The SMILES string of the molecule is Cn1ncc([N+](=O)[O-])c1CCC1(N)CC1. The van der Waals surface area contributed by atoms with Crippen molar-refractivity contribution in [2.75, 3.05) is 0 Å². The normalized spacial score (nSPS) is 17.7. The second-order valence-electron chi connectivity index (χ2n) is 4.22. The first-order valence-electron chi connectivity index (χ1n) is 4.96. The minimum Gasteiger partial charge on any atom is -0.325 e. The van der Waals surface area contributed by atoms with E-state index in [-0.39, 0.29) is 11.2 Å². The average Bonchev–Trinajstić information content (AvgIpc) is 2.76. The molecule has 6 heteroatoms. The van der Waals surface area contributed by atoms with Gasteiger partial charge in [-0.3, -0.25) is 14.8 Å². The van der Waals surface area contributed by atoms with Gasteiger partial charge in [-0.1, -0.05) is 0 Å². The molecule has 1 heterocycles. The summed E-state index contributed by atoms with van der Waals surface area (Å²) in [5, 5.41) is 14.6. The standard InChI is InChI=1S/C9H14N4O2/c1-12-7(2-3-9(10)4-5-9)8(6-11-12)13(14)15/h6H,2-5,10H2,1H3. The molecular formula is C9H14N4O2. The van der Waals surface area contributed by atoms with Gasteiger partial charge in [0.05, 0.1) is 4.92 Å². The Morgan fingerprint density at radius 3 is 2.93 bits per heavy atom. The molecule has 0 spiro atoms. The second kappa shape index (κ2) is 3.30. The summed E-state index contributed by atoms with van der Waals surface area (Å²) < 4.78 is 1.56. The van der Waals surface area contributed by atoms with Gasteiger partial charge in [0.25, 0.3) is 0 Å². The fourth-order valence-electron chi connectivity index (χ4n) is 1.67. The maximum atomic E-state index is 10.7. The van der Waals surface area contributed by atoms with E-state index < -0.39 is 4.92 Å². The molecule has 2 rings (SSSR count). The van der Waals surface area contributed by atoms with Crippen LogP contribution >= 0.6 is 0 Å². The Kier molecular flexibility index (Phi) is 2.22. The van der Waals surface area contributed by atoms with Crippen LogP contribution in [0.3, 0.4) is 0 Å². The number of aromatic nitrogens is 2. The molecule has 0 atom stereocenters. The number of hydrogen-bond acceptors (Lipinski definition) is 4. The van der Waals surface area contributed by atoms with Crippen molar-refractivity contribution in [3.63, 3.8) is 0 Å². The van der Waals surface area contributed by atoms with Crippen LogP contribution in [-0.4, -0.2) is 20.2 Å². The molecule has 0 aromatic carbocycles. The van der Waals surface area contributed by atoms with Crippen molar-refractivity contribution < 1.29 is 4.92 Å². The first kappa shape index (κ1) is 10.1. The quantitative estimate of drug-likeness (QED) is 0.586. The summed E-state index contributed by atoms with van der Waals surface area (Å²) in [6.45, 7) is 0. The second-order valence-corrected chi connectivity index (χ2v) is 4.22. The Labute approximate surface area is 87.2 Å². The van der Waals surface area contributed by atoms with Gasteiger partial charge in [0.1, 0.15) is 11.9 Å². The van der Waals surface area contributed by atoms with Crippen molar-refractivity contribution in [2.24, 2.45) is 12.8 Å². The Balaban J connectivity index is 2.11. The molecule has 0 bridgehead atoms. The zero-order valence-corrected chi connectivity index (χ0v) is 8.64. The number of rotatable bonds is 4. The minimum absolute atomic E-state index is 0.0713. The smallest absolute Gasteiger partial charge is 0.310 e. The van der Waals surface area contributed by atoms with Gasteiger partial charge >= 0.3 is 5.69 Å². The summed E-state index contributed by atoms with van der Waals surface area (Å²) in [4.78, 5) is 10.3. The van der Waals surface area contributed by atoms with E-state index in [9.17, 15) is 10.1 Å². The van der Waals surface area contributed by atoms with Gasteiger partial charge < -0.3 is 5.73 Å². The van der Waals surface area contributed by atoms with Crippen molar-refractivity contribution in [1.29, 1.82) is 0 Å². The van der Waals surface area contributed by atoms with Crippen molar-refractivity contribution in [3.05, 3.63) is 22.0 Å². The fraction of sp³-hybridized carbons (Fsp3) is 0.667. The lowest BCUT2D eigenvalue weighted by Crippen LogP contribution is -2.22. The lowest BCUT2D eigenvalue weighted by molar-refractivity contribution is -0.385. The predicted octanol–water partition coefficient (Wildman–Crippen LogP) is 0.752. The Bertz CT molecular complexity index is 395. The molecule has 0 amide bonds. The maximum Gasteiger partial charge on any atom is 0.310 e. The molecule has 0 unspecified atom stereocenters. The highest BCUT2D eigenvalue weighted by Gasteiger charge is 2.38. The van der Waals surface area contributed by atoms with Crippen molar-refractivity contribution in [2.45, 2.75) is 31.2 Å². The molecule has 1 aromatic heterocycles. The molecule has 1 saturated carbocycles. The summed E-state index contributed by atoms with van der Waals surface area (Å²) in [6, 6.07) is 0. The largest absolute Gasteiger partial charge is 0.325 e. The molecule has 1 aliphatic rings. The summed E-state index contributed by atoms with van der Waals surface area (Å²) in [7, 11) is 1.72. The topological polar surface area (TPSA) is 87.0 Å². The van der Waals surface area contributed by atoms with E-state index in [1.165, 1.54) is 6.20 Å². The van der Waals surface area contributed by atoms with Crippen LogP contribution in [0.25, 0.3) is 0 Å². The van der Waals surface area contributed by atoms with Crippen LogP contribution in [0.4, 0.5) is 5.69 Å². The first-order chi connectivity index (χ1) is 7.02. The molecule has 15 heavy (non-hydrogen) atoms. The van der Waals surface area contributed by atoms with E-state index in [0.717, 1.165) is 19.3 Å². The van der Waals surface area contributed by atoms with Crippen LogP contribution in [0.1, 0.15) is 25.0 Å². The highest BCUT2D eigenvalue weighted by Crippen LogP contribution is 2.37.